The number of hydrogen-bond acceptors (Lipinski definition) is 2. The molecule has 166 valence electrons. The van der Waals surface area contributed by atoms with Crippen LogP contribution >= 0.6 is 0 Å². The molecule has 1 N–H and O–H groups in total. The van der Waals surface area contributed by atoms with Crippen LogP contribution in [0.5, 0.6) is 0 Å². The van der Waals surface area contributed by atoms with Gasteiger partial charge < -0.3 is 10.2 Å². The van der Waals surface area contributed by atoms with Gasteiger partial charge in [0.05, 0.1) is 6.42 Å². The average molecular weight is 425 g/mol. The standard InChI is InChI=1S/C26H33FN2O2/c1-18-9-10-19(2)22(15-18)16-25(30)29(17-21-11-13-23(27)14-12-21)20(3)26(31)28-24-7-5-4-6-8-24/h9-15,20,24H,4-8,16-17H2,1-3H3,(H,28,31)/t20-/m0/s1. The van der Waals surface area contributed by atoms with Gasteiger partial charge in [-0.3, -0.25) is 9.59 Å². The van der Waals surface area contributed by atoms with Gasteiger partial charge in [-0.25, -0.2) is 4.39 Å². The van der Waals surface area contributed by atoms with Crippen LogP contribution < -0.4 is 5.32 Å². The van der Waals surface area contributed by atoms with Crippen LogP contribution in [0.25, 0.3) is 0 Å². The van der Waals surface area contributed by atoms with E-state index in [0.717, 1.165) is 47.9 Å². The minimum Gasteiger partial charge on any atom is -0.352 e. The molecule has 0 saturated heterocycles. The normalized spacial score (nSPS) is 15.4. The number of halogens is 1. The summed E-state index contributed by atoms with van der Waals surface area (Å²) in [7, 11) is 0. The molecule has 2 amide bonds. The zero-order valence-electron chi connectivity index (χ0n) is 18.8. The highest BCUT2D eigenvalue weighted by Gasteiger charge is 2.28. The number of aryl methyl sites for hydroxylation is 2. The highest BCUT2D eigenvalue weighted by Crippen LogP contribution is 2.19. The molecular weight excluding hydrogens is 391 g/mol. The fourth-order valence-electron chi connectivity index (χ4n) is 4.19. The number of hydrogen-bond donors (Lipinski definition) is 1. The first-order valence-corrected chi connectivity index (χ1v) is 11.2. The maximum absolute atomic E-state index is 13.4. The number of amides is 2. The number of nitrogens with zero attached hydrogens (tertiary/aromatic N) is 1. The predicted molar refractivity (Wildman–Crippen MR) is 121 cm³/mol. The molecule has 1 aliphatic rings. The topological polar surface area (TPSA) is 49.4 Å². The van der Waals surface area contributed by atoms with Crippen molar-refractivity contribution >= 4 is 11.8 Å². The summed E-state index contributed by atoms with van der Waals surface area (Å²) in [5, 5.41) is 3.14. The van der Waals surface area contributed by atoms with Gasteiger partial charge in [-0.15, -0.1) is 0 Å². The molecule has 0 aromatic heterocycles. The SMILES string of the molecule is Cc1ccc(C)c(CC(=O)N(Cc2ccc(F)cc2)[C@@H](C)C(=O)NC2CCCCC2)c1. The second kappa shape index (κ2) is 10.6. The number of carbonyl (C=O) groups is 2. The Balaban J connectivity index is 1.78. The number of benzene rings is 2. The van der Waals surface area contributed by atoms with Crippen LogP contribution in [0.4, 0.5) is 4.39 Å². The van der Waals surface area contributed by atoms with Crippen LogP contribution in [0.15, 0.2) is 42.5 Å². The van der Waals surface area contributed by atoms with E-state index in [1.807, 2.05) is 32.0 Å². The van der Waals surface area contributed by atoms with E-state index in [4.69, 9.17) is 0 Å². The van der Waals surface area contributed by atoms with Crippen LogP contribution in [-0.2, 0) is 22.6 Å². The fourth-order valence-corrected chi connectivity index (χ4v) is 4.19. The summed E-state index contributed by atoms with van der Waals surface area (Å²) in [5.74, 6) is -0.548. The van der Waals surface area contributed by atoms with Crippen molar-refractivity contribution in [3.8, 4) is 0 Å². The lowest BCUT2D eigenvalue weighted by Gasteiger charge is -2.31. The molecule has 5 heteroatoms. The van der Waals surface area contributed by atoms with Crippen molar-refractivity contribution in [2.75, 3.05) is 0 Å². The molecule has 0 spiro atoms. The number of carbonyl (C=O) groups excluding carboxylic acids is 2. The van der Waals surface area contributed by atoms with Gasteiger partial charge in [-0.2, -0.15) is 0 Å². The van der Waals surface area contributed by atoms with Gasteiger partial charge in [0.1, 0.15) is 11.9 Å². The average Bonchev–Trinajstić information content (AvgIpc) is 2.76. The Hall–Kier alpha value is -2.69. The third-order valence-electron chi connectivity index (χ3n) is 6.23. The van der Waals surface area contributed by atoms with E-state index in [-0.39, 0.29) is 36.6 Å². The van der Waals surface area contributed by atoms with E-state index in [9.17, 15) is 14.0 Å². The number of rotatable bonds is 7. The lowest BCUT2D eigenvalue weighted by atomic mass is 9.95. The smallest absolute Gasteiger partial charge is 0.242 e. The lowest BCUT2D eigenvalue weighted by Crippen LogP contribution is -2.50. The molecule has 2 aromatic rings. The Morgan fingerprint density at radius 1 is 1.06 bits per heavy atom. The Morgan fingerprint density at radius 3 is 2.42 bits per heavy atom. The quantitative estimate of drug-likeness (QED) is 0.691. The molecule has 0 heterocycles. The summed E-state index contributed by atoms with van der Waals surface area (Å²) < 4.78 is 13.4. The van der Waals surface area contributed by atoms with Crippen LogP contribution in [-0.4, -0.2) is 28.8 Å². The van der Waals surface area contributed by atoms with Crippen molar-refractivity contribution in [1.82, 2.24) is 10.2 Å². The molecule has 1 fully saturated rings. The summed E-state index contributed by atoms with van der Waals surface area (Å²) in [6, 6.07) is 11.7. The Bertz CT molecular complexity index is 904. The number of nitrogens with one attached hydrogen (secondary N) is 1. The van der Waals surface area contributed by atoms with Gasteiger partial charge in [0.2, 0.25) is 11.8 Å². The highest BCUT2D eigenvalue weighted by atomic mass is 19.1. The summed E-state index contributed by atoms with van der Waals surface area (Å²) in [6.07, 6.45) is 5.69. The first kappa shape index (κ1) is 23.0. The van der Waals surface area contributed by atoms with Gasteiger partial charge in [-0.05, 0) is 62.4 Å². The van der Waals surface area contributed by atoms with Crippen molar-refractivity contribution in [1.29, 1.82) is 0 Å². The first-order chi connectivity index (χ1) is 14.8. The zero-order valence-corrected chi connectivity index (χ0v) is 18.8. The molecule has 0 radical (unpaired) electrons. The van der Waals surface area contributed by atoms with E-state index in [0.29, 0.717) is 0 Å². The molecular formula is C26H33FN2O2. The van der Waals surface area contributed by atoms with E-state index >= 15 is 0 Å². The molecule has 1 saturated carbocycles. The monoisotopic (exact) mass is 424 g/mol. The molecule has 1 atom stereocenters. The van der Waals surface area contributed by atoms with Crippen LogP contribution in [0.2, 0.25) is 0 Å². The van der Waals surface area contributed by atoms with Crippen LogP contribution in [0, 0.1) is 19.7 Å². The maximum Gasteiger partial charge on any atom is 0.242 e. The van der Waals surface area contributed by atoms with Gasteiger partial charge in [0.15, 0.2) is 0 Å². The Kier molecular flexibility index (Phi) is 7.83. The minimum absolute atomic E-state index is 0.107. The van der Waals surface area contributed by atoms with Crippen molar-refractivity contribution in [3.63, 3.8) is 0 Å². The Labute approximate surface area is 184 Å². The van der Waals surface area contributed by atoms with Crippen molar-refractivity contribution in [3.05, 3.63) is 70.5 Å². The predicted octanol–water partition coefficient (Wildman–Crippen LogP) is 4.85. The van der Waals surface area contributed by atoms with Gasteiger partial charge >= 0.3 is 0 Å². The summed E-state index contributed by atoms with van der Waals surface area (Å²) in [6.45, 7) is 6.04. The lowest BCUT2D eigenvalue weighted by molar-refractivity contribution is -0.140. The van der Waals surface area contributed by atoms with E-state index < -0.39 is 6.04 Å². The van der Waals surface area contributed by atoms with Crippen molar-refractivity contribution < 1.29 is 14.0 Å². The molecule has 4 nitrogen and oxygen atoms in total. The fraction of sp³-hybridized carbons (Fsp3) is 0.462. The Morgan fingerprint density at radius 2 is 1.74 bits per heavy atom. The summed E-state index contributed by atoms with van der Waals surface area (Å²) in [4.78, 5) is 28.0. The molecule has 0 aliphatic heterocycles. The van der Waals surface area contributed by atoms with Gasteiger partial charge in [-0.1, -0.05) is 55.2 Å². The molecule has 0 unspecified atom stereocenters. The van der Waals surface area contributed by atoms with Crippen LogP contribution in [0.1, 0.15) is 61.3 Å². The molecule has 0 bridgehead atoms. The molecule has 1 aliphatic carbocycles. The second-order valence-electron chi connectivity index (χ2n) is 8.77. The summed E-state index contributed by atoms with van der Waals surface area (Å²) >= 11 is 0. The highest BCUT2D eigenvalue weighted by molar-refractivity contribution is 5.88. The molecule has 31 heavy (non-hydrogen) atoms. The summed E-state index contributed by atoms with van der Waals surface area (Å²) in [5.41, 5.74) is 3.92. The third kappa shape index (κ3) is 6.39. The van der Waals surface area contributed by atoms with Gasteiger partial charge in [0.25, 0.3) is 0 Å². The maximum atomic E-state index is 13.4. The third-order valence-corrected chi connectivity index (χ3v) is 6.23. The largest absolute Gasteiger partial charge is 0.352 e. The van der Waals surface area contributed by atoms with E-state index in [1.165, 1.54) is 18.6 Å². The van der Waals surface area contributed by atoms with Gasteiger partial charge in [0, 0.05) is 12.6 Å². The second-order valence-corrected chi connectivity index (χ2v) is 8.77. The molecule has 3 rings (SSSR count). The van der Waals surface area contributed by atoms with Crippen molar-refractivity contribution in [2.45, 2.75) is 77.9 Å². The van der Waals surface area contributed by atoms with E-state index in [2.05, 4.69) is 5.32 Å². The van der Waals surface area contributed by atoms with E-state index in [1.54, 1.807) is 24.0 Å². The molecule has 2 aromatic carbocycles. The minimum atomic E-state index is -0.607. The zero-order chi connectivity index (χ0) is 22.4. The van der Waals surface area contributed by atoms with Crippen molar-refractivity contribution in [2.24, 2.45) is 0 Å². The van der Waals surface area contributed by atoms with Crippen LogP contribution in [0.3, 0.4) is 0 Å². The first-order valence-electron chi connectivity index (χ1n) is 11.2.